The number of sulfonamides is 1. The fourth-order valence-corrected chi connectivity index (χ4v) is 2.97. The van der Waals surface area contributed by atoms with Gasteiger partial charge in [-0.3, -0.25) is 4.72 Å². The van der Waals surface area contributed by atoms with Crippen LogP contribution in [-0.2, 0) is 10.0 Å². The lowest BCUT2D eigenvalue weighted by atomic mass is 10.1. The third kappa shape index (κ3) is 6.07. The number of nitrogens with one attached hydrogen (secondary N) is 3. The summed E-state index contributed by atoms with van der Waals surface area (Å²) in [5.41, 5.74) is 1.81. The van der Waals surface area contributed by atoms with Crippen LogP contribution in [-0.4, -0.2) is 34.9 Å². The molecule has 9 heteroatoms. The fourth-order valence-electron chi connectivity index (χ4n) is 2.40. The zero-order chi connectivity index (χ0) is 20.0. The summed E-state index contributed by atoms with van der Waals surface area (Å²) >= 11 is 0. The molecule has 2 rings (SSSR count). The maximum atomic E-state index is 12.2. The first-order valence-corrected chi connectivity index (χ1v) is 9.98. The van der Waals surface area contributed by atoms with Gasteiger partial charge in [-0.25, -0.2) is 13.2 Å². The van der Waals surface area contributed by atoms with Crippen LogP contribution in [0.15, 0.2) is 42.5 Å². The van der Waals surface area contributed by atoms with Crippen molar-refractivity contribution in [1.29, 1.82) is 0 Å². The van der Waals surface area contributed by atoms with Crippen LogP contribution >= 0.6 is 0 Å². The van der Waals surface area contributed by atoms with Crippen molar-refractivity contribution >= 4 is 27.4 Å². The molecule has 0 bridgehead atoms. The summed E-state index contributed by atoms with van der Waals surface area (Å²) in [4.78, 5) is 12.2. The molecule has 1 unspecified atom stereocenters. The highest BCUT2D eigenvalue weighted by Gasteiger charge is 2.13. The Morgan fingerprint density at radius 3 is 2.11 bits per heavy atom. The number of hydrogen-bond acceptors (Lipinski definition) is 5. The first kappa shape index (κ1) is 20.4. The van der Waals surface area contributed by atoms with Crippen molar-refractivity contribution in [2.45, 2.75) is 13.0 Å². The van der Waals surface area contributed by atoms with Crippen LogP contribution in [0, 0.1) is 0 Å². The number of urea groups is 1. The summed E-state index contributed by atoms with van der Waals surface area (Å²) in [6.07, 6.45) is 1.07. The second-order valence-corrected chi connectivity index (χ2v) is 7.63. The van der Waals surface area contributed by atoms with Crippen molar-refractivity contribution in [2.75, 3.05) is 30.5 Å². The molecule has 146 valence electrons. The van der Waals surface area contributed by atoms with E-state index in [0.717, 1.165) is 11.8 Å². The number of carbonyl (C=O) groups excluding carboxylic acids is 1. The highest BCUT2D eigenvalue weighted by atomic mass is 32.2. The topological polar surface area (TPSA) is 106 Å². The summed E-state index contributed by atoms with van der Waals surface area (Å²) in [7, 11) is -0.230. The van der Waals surface area contributed by atoms with E-state index in [1.54, 1.807) is 50.6 Å². The molecule has 0 spiro atoms. The molecule has 0 aliphatic carbocycles. The second-order valence-electron chi connectivity index (χ2n) is 5.89. The van der Waals surface area contributed by atoms with E-state index in [0.29, 0.717) is 22.9 Å². The Bertz CT molecular complexity index is 898. The van der Waals surface area contributed by atoms with Crippen molar-refractivity contribution in [2.24, 2.45) is 0 Å². The number of rotatable bonds is 7. The number of benzene rings is 2. The van der Waals surface area contributed by atoms with E-state index in [1.165, 1.54) is 0 Å². The van der Waals surface area contributed by atoms with Crippen LogP contribution in [0.4, 0.5) is 16.2 Å². The normalized spacial score (nSPS) is 12.0. The van der Waals surface area contributed by atoms with Gasteiger partial charge in [0.25, 0.3) is 0 Å². The average molecular weight is 393 g/mol. The molecule has 27 heavy (non-hydrogen) atoms. The molecular formula is C18H23N3O5S. The molecule has 0 fully saturated rings. The molecule has 3 N–H and O–H groups in total. The molecule has 8 nitrogen and oxygen atoms in total. The predicted molar refractivity (Wildman–Crippen MR) is 105 cm³/mol. The Morgan fingerprint density at radius 2 is 1.56 bits per heavy atom. The lowest BCUT2D eigenvalue weighted by Gasteiger charge is -2.17. The van der Waals surface area contributed by atoms with E-state index in [4.69, 9.17) is 9.47 Å². The fraction of sp³-hybridized carbons (Fsp3) is 0.278. The molecule has 0 heterocycles. The largest absolute Gasteiger partial charge is 0.493 e. The standard InChI is InChI=1S/C18H23N3O5S/c1-12(13-5-10-16(25-2)17(11-13)26-3)19-18(22)20-14-6-8-15(9-7-14)21-27(4,23)24/h5-12,21H,1-4H3,(H2,19,20,22). The monoisotopic (exact) mass is 393 g/mol. The quantitative estimate of drug-likeness (QED) is 0.671. The lowest BCUT2D eigenvalue weighted by molar-refractivity contribution is 0.249. The second kappa shape index (κ2) is 8.63. The van der Waals surface area contributed by atoms with Crippen molar-refractivity contribution in [1.82, 2.24) is 5.32 Å². The first-order chi connectivity index (χ1) is 12.7. The van der Waals surface area contributed by atoms with Crippen LogP contribution in [0.3, 0.4) is 0 Å². The molecule has 2 aromatic rings. The number of hydrogen-bond donors (Lipinski definition) is 3. The van der Waals surface area contributed by atoms with Crippen molar-refractivity contribution in [3.8, 4) is 11.5 Å². The molecule has 0 aliphatic rings. The highest BCUT2D eigenvalue weighted by Crippen LogP contribution is 2.29. The van der Waals surface area contributed by atoms with Gasteiger partial charge in [0.15, 0.2) is 11.5 Å². The summed E-state index contributed by atoms with van der Waals surface area (Å²) in [6, 6.07) is 11.1. The van der Waals surface area contributed by atoms with E-state index in [9.17, 15) is 13.2 Å². The van der Waals surface area contributed by atoms with E-state index >= 15 is 0 Å². The highest BCUT2D eigenvalue weighted by molar-refractivity contribution is 7.92. The minimum absolute atomic E-state index is 0.268. The van der Waals surface area contributed by atoms with Gasteiger partial charge in [0.1, 0.15) is 0 Å². The number of ether oxygens (including phenoxy) is 2. The minimum atomic E-state index is -3.34. The van der Waals surface area contributed by atoms with Gasteiger partial charge in [0.2, 0.25) is 10.0 Å². The van der Waals surface area contributed by atoms with E-state index in [2.05, 4.69) is 15.4 Å². The van der Waals surface area contributed by atoms with Crippen LogP contribution in [0.1, 0.15) is 18.5 Å². The molecule has 2 amide bonds. The molecule has 2 aromatic carbocycles. The Morgan fingerprint density at radius 1 is 0.963 bits per heavy atom. The number of methoxy groups -OCH3 is 2. The average Bonchev–Trinajstić information content (AvgIpc) is 2.61. The van der Waals surface area contributed by atoms with Gasteiger partial charge in [-0.1, -0.05) is 6.07 Å². The summed E-state index contributed by atoms with van der Waals surface area (Å²) in [5, 5.41) is 5.53. The van der Waals surface area contributed by atoms with Crippen molar-refractivity contribution in [3.63, 3.8) is 0 Å². The summed E-state index contributed by atoms with van der Waals surface area (Å²) < 4.78 is 35.2. The molecule has 1 atom stereocenters. The van der Waals surface area contributed by atoms with Gasteiger partial charge in [-0.05, 0) is 48.9 Å². The first-order valence-electron chi connectivity index (χ1n) is 8.09. The molecule has 0 saturated heterocycles. The molecule has 0 aromatic heterocycles. The zero-order valence-corrected chi connectivity index (χ0v) is 16.4. The van der Waals surface area contributed by atoms with E-state index < -0.39 is 10.0 Å². The van der Waals surface area contributed by atoms with Gasteiger partial charge >= 0.3 is 6.03 Å². The molecular weight excluding hydrogens is 370 g/mol. The Labute approximate surface area is 158 Å². The predicted octanol–water partition coefficient (Wildman–Crippen LogP) is 2.96. The Kier molecular flexibility index (Phi) is 6.51. The van der Waals surface area contributed by atoms with E-state index in [1.807, 2.05) is 13.0 Å². The number of carbonyl (C=O) groups is 1. The van der Waals surface area contributed by atoms with Gasteiger partial charge in [-0.2, -0.15) is 0 Å². The van der Waals surface area contributed by atoms with E-state index in [-0.39, 0.29) is 12.1 Å². The smallest absolute Gasteiger partial charge is 0.319 e. The van der Waals surface area contributed by atoms with Crippen LogP contribution in [0.2, 0.25) is 0 Å². The van der Waals surface area contributed by atoms with Crippen LogP contribution < -0.4 is 24.8 Å². The van der Waals surface area contributed by atoms with Crippen molar-refractivity contribution in [3.05, 3.63) is 48.0 Å². The van der Waals surface area contributed by atoms with Gasteiger partial charge in [-0.15, -0.1) is 0 Å². The molecule has 0 radical (unpaired) electrons. The zero-order valence-electron chi connectivity index (χ0n) is 15.6. The lowest BCUT2D eigenvalue weighted by Crippen LogP contribution is -2.31. The van der Waals surface area contributed by atoms with Crippen molar-refractivity contribution < 1.29 is 22.7 Å². The maximum Gasteiger partial charge on any atom is 0.319 e. The third-order valence-corrected chi connectivity index (χ3v) is 4.31. The summed E-state index contributed by atoms with van der Waals surface area (Å²) in [6.45, 7) is 1.85. The number of amides is 2. The van der Waals surface area contributed by atoms with Crippen LogP contribution in [0.5, 0.6) is 11.5 Å². The Balaban J connectivity index is 1.98. The molecule has 0 saturated carbocycles. The van der Waals surface area contributed by atoms with Gasteiger partial charge in [0, 0.05) is 11.4 Å². The summed E-state index contributed by atoms with van der Waals surface area (Å²) in [5.74, 6) is 1.19. The SMILES string of the molecule is COc1ccc(C(C)NC(=O)Nc2ccc(NS(C)(=O)=O)cc2)cc1OC. The minimum Gasteiger partial charge on any atom is -0.493 e. The Hall–Kier alpha value is -2.94. The maximum absolute atomic E-state index is 12.2. The van der Waals surface area contributed by atoms with Gasteiger partial charge in [0.05, 0.1) is 26.5 Å². The van der Waals surface area contributed by atoms with Gasteiger partial charge < -0.3 is 20.1 Å². The molecule has 0 aliphatic heterocycles. The number of anilines is 2. The van der Waals surface area contributed by atoms with Crippen LogP contribution in [0.25, 0.3) is 0 Å². The third-order valence-electron chi connectivity index (χ3n) is 3.70.